The zero-order valence-corrected chi connectivity index (χ0v) is 15.1. The fourth-order valence-corrected chi connectivity index (χ4v) is 3.51. The van der Waals surface area contributed by atoms with E-state index >= 15 is 0 Å². The second kappa shape index (κ2) is 6.88. The van der Waals surface area contributed by atoms with Gasteiger partial charge < -0.3 is 24.7 Å². The van der Waals surface area contributed by atoms with E-state index in [9.17, 15) is 4.79 Å². The van der Waals surface area contributed by atoms with Gasteiger partial charge in [0.2, 0.25) is 12.7 Å². The molecule has 2 aliphatic rings. The van der Waals surface area contributed by atoms with Gasteiger partial charge in [0.15, 0.2) is 11.5 Å². The van der Waals surface area contributed by atoms with Crippen LogP contribution in [0, 0.1) is 0 Å². The first-order valence-electron chi connectivity index (χ1n) is 9.18. The molecule has 2 N–H and O–H groups in total. The Bertz CT molecular complexity index is 1000. The van der Waals surface area contributed by atoms with Gasteiger partial charge in [0, 0.05) is 37.1 Å². The maximum absolute atomic E-state index is 12.6. The number of hydrogen-bond acceptors (Lipinski definition) is 6. The third-order valence-electron chi connectivity index (χ3n) is 4.96. The molecule has 4 heterocycles. The number of amides is 1. The Morgan fingerprint density at radius 2 is 2.14 bits per heavy atom. The molecule has 0 aliphatic carbocycles. The van der Waals surface area contributed by atoms with Crippen molar-refractivity contribution in [3.8, 4) is 22.9 Å². The van der Waals surface area contributed by atoms with Crippen LogP contribution in [-0.4, -0.2) is 46.8 Å². The topological polar surface area (TPSA) is 92.4 Å². The summed E-state index contributed by atoms with van der Waals surface area (Å²) in [5.74, 6) is 1.83. The molecule has 0 spiro atoms. The Kier molecular flexibility index (Phi) is 4.08. The zero-order valence-electron chi connectivity index (χ0n) is 15.1. The summed E-state index contributed by atoms with van der Waals surface area (Å²) >= 11 is 0. The SMILES string of the molecule is O=C(NC1CCN(c2nccc(-c3ccc[nH]3)n2)C1)c1ccc2c(c1)OCO2. The second-order valence-corrected chi connectivity index (χ2v) is 6.80. The fourth-order valence-electron chi connectivity index (χ4n) is 3.51. The molecule has 2 aromatic heterocycles. The molecule has 3 aromatic rings. The summed E-state index contributed by atoms with van der Waals surface area (Å²) in [7, 11) is 0. The Morgan fingerprint density at radius 1 is 1.21 bits per heavy atom. The van der Waals surface area contributed by atoms with E-state index < -0.39 is 0 Å². The molecule has 2 aliphatic heterocycles. The summed E-state index contributed by atoms with van der Waals surface area (Å²) in [6.07, 6.45) is 4.47. The Balaban J connectivity index is 1.25. The van der Waals surface area contributed by atoms with E-state index in [4.69, 9.17) is 9.47 Å². The minimum absolute atomic E-state index is 0.0377. The molecule has 1 fully saturated rings. The van der Waals surface area contributed by atoms with Crippen LogP contribution in [0.4, 0.5) is 5.95 Å². The molecule has 0 bridgehead atoms. The molecule has 28 heavy (non-hydrogen) atoms. The standard InChI is InChI=1S/C20H19N5O3/c26-19(13-3-4-17-18(10-13)28-12-27-17)23-14-6-9-25(11-14)20-22-8-5-16(24-20)15-2-1-7-21-15/h1-5,7-8,10,14,21H,6,9,11-12H2,(H,23,26). The minimum Gasteiger partial charge on any atom is -0.454 e. The molecule has 5 rings (SSSR count). The van der Waals surface area contributed by atoms with Crippen LogP contribution >= 0.6 is 0 Å². The maximum atomic E-state index is 12.6. The van der Waals surface area contributed by atoms with Crippen molar-refractivity contribution in [2.45, 2.75) is 12.5 Å². The highest BCUT2D eigenvalue weighted by atomic mass is 16.7. The lowest BCUT2D eigenvalue weighted by Gasteiger charge is -2.17. The van der Waals surface area contributed by atoms with Crippen LogP contribution in [0.5, 0.6) is 11.5 Å². The summed E-state index contributed by atoms with van der Waals surface area (Å²) in [6, 6.07) is 11.1. The van der Waals surface area contributed by atoms with Crippen molar-refractivity contribution in [3.05, 3.63) is 54.4 Å². The van der Waals surface area contributed by atoms with Crippen molar-refractivity contribution in [1.82, 2.24) is 20.3 Å². The third-order valence-corrected chi connectivity index (χ3v) is 4.96. The van der Waals surface area contributed by atoms with Gasteiger partial charge in [0.05, 0.1) is 11.4 Å². The van der Waals surface area contributed by atoms with Crippen LogP contribution in [0.1, 0.15) is 16.8 Å². The lowest BCUT2D eigenvalue weighted by atomic mass is 10.1. The molecule has 0 saturated carbocycles. The molecule has 142 valence electrons. The maximum Gasteiger partial charge on any atom is 0.251 e. The number of nitrogens with zero attached hydrogens (tertiary/aromatic N) is 3. The van der Waals surface area contributed by atoms with Gasteiger partial charge in [0.1, 0.15) is 0 Å². The lowest BCUT2D eigenvalue weighted by molar-refractivity contribution is 0.0940. The van der Waals surface area contributed by atoms with Crippen LogP contribution in [0.2, 0.25) is 0 Å². The highest BCUT2D eigenvalue weighted by Crippen LogP contribution is 2.32. The van der Waals surface area contributed by atoms with E-state index in [1.165, 1.54) is 0 Å². The normalized spacial score (nSPS) is 17.7. The number of ether oxygens (including phenoxy) is 2. The van der Waals surface area contributed by atoms with E-state index in [-0.39, 0.29) is 18.7 Å². The van der Waals surface area contributed by atoms with Crippen molar-refractivity contribution < 1.29 is 14.3 Å². The van der Waals surface area contributed by atoms with Crippen LogP contribution < -0.4 is 19.7 Å². The molecule has 1 unspecified atom stereocenters. The molecule has 8 nitrogen and oxygen atoms in total. The van der Waals surface area contributed by atoms with Crippen LogP contribution in [0.15, 0.2) is 48.8 Å². The van der Waals surface area contributed by atoms with Crippen LogP contribution in [-0.2, 0) is 0 Å². The minimum atomic E-state index is -0.119. The van der Waals surface area contributed by atoms with Crippen molar-refractivity contribution >= 4 is 11.9 Å². The van der Waals surface area contributed by atoms with E-state index in [2.05, 4.69) is 25.2 Å². The largest absolute Gasteiger partial charge is 0.454 e. The number of anilines is 1. The number of fused-ring (bicyclic) bond motifs is 1. The third kappa shape index (κ3) is 3.13. The van der Waals surface area contributed by atoms with E-state index in [1.54, 1.807) is 24.4 Å². The molecule has 1 aromatic carbocycles. The number of benzene rings is 1. The first-order valence-corrected chi connectivity index (χ1v) is 9.18. The molecule has 8 heteroatoms. The molecule has 0 radical (unpaired) electrons. The van der Waals surface area contributed by atoms with Gasteiger partial charge in [-0.15, -0.1) is 0 Å². The Morgan fingerprint density at radius 3 is 3.04 bits per heavy atom. The average Bonchev–Trinajstić information content (AvgIpc) is 3.48. The highest BCUT2D eigenvalue weighted by molar-refractivity contribution is 5.95. The van der Waals surface area contributed by atoms with E-state index in [0.29, 0.717) is 29.6 Å². The molecular weight excluding hydrogens is 358 g/mol. The fraction of sp³-hybridized carbons (Fsp3) is 0.250. The van der Waals surface area contributed by atoms with E-state index in [1.807, 2.05) is 24.4 Å². The molecule has 1 amide bonds. The van der Waals surface area contributed by atoms with Gasteiger partial charge in [-0.05, 0) is 42.8 Å². The van der Waals surface area contributed by atoms with Gasteiger partial charge in [0.25, 0.3) is 5.91 Å². The van der Waals surface area contributed by atoms with Crippen molar-refractivity contribution in [3.63, 3.8) is 0 Å². The predicted octanol–water partition coefficient (Wildman–Crippen LogP) is 2.21. The summed E-state index contributed by atoms with van der Waals surface area (Å²) < 4.78 is 10.6. The number of H-pyrrole nitrogens is 1. The Labute approximate surface area is 161 Å². The monoisotopic (exact) mass is 377 g/mol. The summed E-state index contributed by atoms with van der Waals surface area (Å²) in [6.45, 7) is 1.66. The number of carbonyl (C=O) groups excluding carboxylic acids is 1. The number of aromatic nitrogens is 3. The molecular formula is C20H19N5O3. The smallest absolute Gasteiger partial charge is 0.251 e. The van der Waals surface area contributed by atoms with Gasteiger partial charge in [-0.2, -0.15) is 0 Å². The highest BCUT2D eigenvalue weighted by Gasteiger charge is 2.27. The first-order chi connectivity index (χ1) is 13.8. The zero-order chi connectivity index (χ0) is 18.9. The summed E-state index contributed by atoms with van der Waals surface area (Å²) in [5, 5.41) is 3.09. The number of nitrogens with one attached hydrogen (secondary N) is 2. The lowest BCUT2D eigenvalue weighted by Crippen LogP contribution is -2.37. The van der Waals surface area contributed by atoms with Crippen LogP contribution in [0.3, 0.4) is 0 Å². The number of hydrogen-bond donors (Lipinski definition) is 2. The number of aromatic amines is 1. The van der Waals surface area contributed by atoms with Gasteiger partial charge in [-0.3, -0.25) is 4.79 Å². The second-order valence-electron chi connectivity index (χ2n) is 6.80. The van der Waals surface area contributed by atoms with Crippen molar-refractivity contribution in [2.24, 2.45) is 0 Å². The van der Waals surface area contributed by atoms with Crippen LogP contribution in [0.25, 0.3) is 11.4 Å². The summed E-state index contributed by atoms with van der Waals surface area (Å²) in [4.78, 5) is 26.9. The first kappa shape index (κ1) is 16.6. The van der Waals surface area contributed by atoms with Gasteiger partial charge >= 0.3 is 0 Å². The van der Waals surface area contributed by atoms with Crippen molar-refractivity contribution in [1.29, 1.82) is 0 Å². The average molecular weight is 377 g/mol. The predicted molar refractivity (Wildman–Crippen MR) is 102 cm³/mol. The van der Waals surface area contributed by atoms with Gasteiger partial charge in [-0.25, -0.2) is 9.97 Å². The van der Waals surface area contributed by atoms with Gasteiger partial charge in [-0.1, -0.05) is 0 Å². The molecule has 1 atom stereocenters. The quantitative estimate of drug-likeness (QED) is 0.724. The number of carbonyl (C=O) groups is 1. The Hall–Kier alpha value is -3.55. The molecule has 1 saturated heterocycles. The van der Waals surface area contributed by atoms with Crippen molar-refractivity contribution in [2.75, 3.05) is 24.8 Å². The summed E-state index contributed by atoms with van der Waals surface area (Å²) in [5.41, 5.74) is 2.37. The van der Waals surface area contributed by atoms with E-state index in [0.717, 1.165) is 24.4 Å². The number of rotatable bonds is 4.